The minimum atomic E-state index is -4.88. The van der Waals surface area contributed by atoms with Gasteiger partial charge in [-0.25, -0.2) is 0 Å². The third kappa shape index (κ3) is 7.93. The molecule has 234 valence electrons. The number of anilines is 2. The molecule has 2 aliphatic heterocycles. The first kappa shape index (κ1) is 33.2. The number of carbonyl (C=O) groups excluding carboxylic acids is 1. The van der Waals surface area contributed by atoms with Crippen LogP contribution in [0, 0.1) is 0 Å². The zero-order valence-electron chi connectivity index (χ0n) is 24.4. The fourth-order valence-electron chi connectivity index (χ4n) is 5.27. The molecule has 0 bridgehead atoms. The summed E-state index contributed by atoms with van der Waals surface area (Å²) < 4.78 is 86.7. The second-order valence-corrected chi connectivity index (χ2v) is 11.1. The number of alkyl halides is 6. The molecule has 0 saturated carbocycles. The molecular formula is C29H38F6N4O3. The van der Waals surface area contributed by atoms with E-state index in [1.807, 2.05) is 19.9 Å². The highest BCUT2D eigenvalue weighted by Gasteiger charge is 2.49. The van der Waals surface area contributed by atoms with Gasteiger partial charge in [-0.2, -0.15) is 26.3 Å². The van der Waals surface area contributed by atoms with Gasteiger partial charge in [0.2, 0.25) is 0 Å². The van der Waals surface area contributed by atoms with Crippen LogP contribution in [0.5, 0.6) is 11.5 Å². The van der Waals surface area contributed by atoms with Crippen LogP contribution in [0.2, 0.25) is 0 Å². The van der Waals surface area contributed by atoms with Crippen molar-refractivity contribution < 1.29 is 40.6 Å². The summed E-state index contributed by atoms with van der Waals surface area (Å²) >= 11 is 0. The van der Waals surface area contributed by atoms with E-state index >= 15 is 0 Å². The fourth-order valence-corrected chi connectivity index (χ4v) is 5.27. The molecule has 0 atom stereocenters. The Labute approximate surface area is 241 Å². The quantitative estimate of drug-likeness (QED) is 0.330. The van der Waals surface area contributed by atoms with Crippen molar-refractivity contribution in [2.45, 2.75) is 78.0 Å². The number of rotatable bonds is 5. The Balaban J connectivity index is 0.000000231. The molecule has 4 rings (SSSR count). The van der Waals surface area contributed by atoms with Crippen LogP contribution >= 0.6 is 0 Å². The van der Waals surface area contributed by atoms with Crippen molar-refractivity contribution in [3.05, 3.63) is 46.5 Å². The lowest BCUT2D eigenvalue weighted by Crippen LogP contribution is -2.54. The SMILES string of the molecule is CC(C)Oc1cc2c(cc1N)CCN(CC(F)(F)F)C2.CCOc1cc2c(cc1N)CCN(C(=O)C(F)(F)F)C2(C)C. The van der Waals surface area contributed by atoms with E-state index in [2.05, 4.69) is 0 Å². The molecule has 0 fully saturated rings. The minimum Gasteiger partial charge on any atom is -0.492 e. The summed E-state index contributed by atoms with van der Waals surface area (Å²) in [6.07, 6.45) is -8.16. The topological polar surface area (TPSA) is 94.0 Å². The molecular weight excluding hydrogens is 566 g/mol. The lowest BCUT2D eigenvalue weighted by atomic mass is 9.82. The Bertz CT molecular complexity index is 1280. The van der Waals surface area contributed by atoms with Gasteiger partial charge in [0.1, 0.15) is 11.5 Å². The third-order valence-corrected chi connectivity index (χ3v) is 7.15. The maximum atomic E-state index is 12.8. The van der Waals surface area contributed by atoms with E-state index in [0.717, 1.165) is 21.6 Å². The lowest BCUT2D eigenvalue weighted by molar-refractivity contribution is -0.191. The van der Waals surface area contributed by atoms with Crippen LogP contribution in [-0.4, -0.2) is 60.4 Å². The summed E-state index contributed by atoms with van der Waals surface area (Å²) in [5.41, 5.74) is 15.1. The number of ether oxygens (including phenoxy) is 2. The molecule has 4 N–H and O–H groups in total. The maximum absolute atomic E-state index is 12.8. The number of benzene rings is 2. The van der Waals surface area contributed by atoms with Crippen molar-refractivity contribution in [1.29, 1.82) is 0 Å². The Morgan fingerprint density at radius 1 is 0.929 bits per heavy atom. The maximum Gasteiger partial charge on any atom is 0.471 e. The molecule has 2 aromatic carbocycles. The van der Waals surface area contributed by atoms with Crippen LogP contribution in [0.4, 0.5) is 37.7 Å². The average molecular weight is 605 g/mol. The van der Waals surface area contributed by atoms with Gasteiger partial charge in [0.15, 0.2) is 0 Å². The van der Waals surface area contributed by atoms with Crippen LogP contribution in [0.3, 0.4) is 0 Å². The zero-order chi connectivity index (χ0) is 31.6. The highest BCUT2D eigenvalue weighted by atomic mass is 19.4. The number of nitrogens with two attached hydrogens (primary N) is 2. The molecule has 0 aliphatic carbocycles. The minimum absolute atomic E-state index is 0.00572. The molecule has 2 aromatic rings. The smallest absolute Gasteiger partial charge is 0.471 e. The number of fused-ring (bicyclic) bond motifs is 2. The zero-order valence-corrected chi connectivity index (χ0v) is 24.4. The predicted molar refractivity (Wildman–Crippen MR) is 148 cm³/mol. The van der Waals surface area contributed by atoms with Gasteiger partial charge in [0.05, 0.1) is 36.2 Å². The Morgan fingerprint density at radius 3 is 2.10 bits per heavy atom. The van der Waals surface area contributed by atoms with E-state index < -0.39 is 30.3 Å². The van der Waals surface area contributed by atoms with E-state index in [9.17, 15) is 31.1 Å². The van der Waals surface area contributed by atoms with Gasteiger partial charge in [0, 0.05) is 19.6 Å². The first-order chi connectivity index (χ1) is 19.3. The number of hydrogen-bond acceptors (Lipinski definition) is 6. The molecule has 0 aromatic heterocycles. The molecule has 2 heterocycles. The Hall–Kier alpha value is -3.35. The summed E-state index contributed by atoms with van der Waals surface area (Å²) in [6, 6.07) is 6.95. The van der Waals surface area contributed by atoms with Gasteiger partial charge in [0.25, 0.3) is 0 Å². The standard InChI is InChI=1S/C15H19F3N2O2.C14H19F3N2O/c1-4-22-12-8-10-9(7-11(12)19)5-6-20(14(10,2)3)13(21)15(16,17)18;1-9(2)20-13-6-11-7-19(8-14(15,16)17)4-3-10(11)5-12(13)18/h7-8H,4-6,19H2,1-3H3;5-6,9H,3-4,7-8,18H2,1-2H3. The lowest BCUT2D eigenvalue weighted by Gasteiger charge is -2.44. The molecule has 0 unspecified atom stereocenters. The van der Waals surface area contributed by atoms with Gasteiger partial charge in [-0.05, 0) is 94.0 Å². The van der Waals surface area contributed by atoms with Gasteiger partial charge in [-0.15, -0.1) is 0 Å². The largest absolute Gasteiger partial charge is 0.492 e. The van der Waals surface area contributed by atoms with Crippen molar-refractivity contribution in [3.8, 4) is 11.5 Å². The van der Waals surface area contributed by atoms with Crippen LogP contribution in [0.25, 0.3) is 0 Å². The van der Waals surface area contributed by atoms with Crippen molar-refractivity contribution >= 4 is 17.3 Å². The van der Waals surface area contributed by atoms with E-state index in [1.165, 1.54) is 4.90 Å². The van der Waals surface area contributed by atoms with Crippen LogP contribution in [-0.2, 0) is 29.7 Å². The van der Waals surface area contributed by atoms with Gasteiger partial charge in [-0.1, -0.05) is 0 Å². The summed E-state index contributed by atoms with van der Waals surface area (Å²) in [5.74, 6) is -0.846. The summed E-state index contributed by atoms with van der Waals surface area (Å²) in [5, 5.41) is 0. The molecule has 2 aliphatic rings. The molecule has 13 heteroatoms. The van der Waals surface area contributed by atoms with Gasteiger partial charge >= 0.3 is 18.3 Å². The van der Waals surface area contributed by atoms with E-state index in [4.69, 9.17) is 20.9 Å². The van der Waals surface area contributed by atoms with Crippen molar-refractivity contribution in [3.63, 3.8) is 0 Å². The summed E-state index contributed by atoms with van der Waals surface area (Å²) in [6.45, 7) is 8.96. The first-order valence-electron chi connectivity index (χ1n) is 13.6. The highest BCUT2D eigenvalue weighted by Crippen LogP contribution is 2.41. The monoisotopic (exact) mass is 604 g/mol. The molecule has 0 saturated heterocycles. The number of halogens is 6. The second-order valence-electron chi connectivity index (χ2n) is 11.1. The van der Waals surface area contributed by atoms with Crippen molar-refractivity contribution in [2.75, 3.05) is 37.7 Å². The summed E-state index contributed by atoms with van der Waals surface area (Å²) in [4.78, 5) is 13.9. The van der Waals surface area contributed by atoms with Crippen LogP contribution in [0.15, 0.2) is 24.3 Å². The molecule has 42 heavy (non-hydrogen) atoms. The normalized spacial score (nSPS) is 16.7. The van der Waals surface area contributed by atoms with Gasteiger partial charge < -0.3 is 25.8 Å². The first-order valence-corrected chi connectivity index (χ1v) is 13.6. The van der Waals surface area contributed by atoms with E-state index in [0.29, 0.717) is 54.4 Å². The van der Waals surface area contributed by atoms with Crippen LogP contribution < -0.4 is 20.9 Å². The Morgan fingerprint density at radius 2 is 1.52 bits per heavy atom. The fraction of sp³-hybridized carbons (Fsp3) is 0.552. The number of carbonyl (C=O) groups is 1. The number of hydrogen-bond donors (Lipinski definition) is 2. The number of nitrogen functional groups attached to an aromatic ring is 2. The van der Waals surface area contributed by atoms with Crippen LogP contribution in [0.1, 0.15) is 56.9 Å². The number of nitrogens with zero attached hydrogens (tertiary/aromatic N) is 2. The van der Waals surface area contributed by atoms with E-state index in [1.54, 1.807) is 39.0 Å². The Kier molecular flexibility index (Phi) is 9.85. The molecule has 1 amide bonds. The number of amides is 1. The van der Waals surface area contributed by atoms with Gasteiger partial charge in [-0.3, -0.25) is 9.69 Å². The molecule has 0 radical (unpaired) electrons. The summed E-state index contributed by atoms with van der Waals surface area (Å²) in [7, 11) is 0. The van der Waals surface area contributed by atoms with Crippen molar-refractivity contribution in [2.24, 2.45) is 0 Å². The average Bonchev–Trinajstić information content (AvgIpc) is 2.84. The van der Waals surface area contributed by atoms with Crippen molar-refractivity contribution in [1.82, 2.24) is 9.80 Å². The predicted octanol–water partition coefficient (Wildman–Crippen LogP) is 5.83. The molecule has 0 spiro atoms. The third-order valence-electron chi connectivity index (χ3n) is 7.15. The molecule has 7 nitrogen and oxygen atoms in total. The second kappa shape index (κ2) is 12.5. The highest BCUT2D eigenvalue weighted by molar-refractivity contribution is 5.83. The van der Waals surface area contributed by atoms with E-state index in [-0.39, 0.29) is 19.2 Å².